The molecule has 0 saturated carbocycles. The predicted octanol–water partition coefficient (Wildman–Crippen LogP) is 3.77. The van der Waals surface area contributed by atoms with Crippen molar-refractivity contribution >= 4 is 10.4 Å². The molecule has 1 aromatic heterocycles. The van der Waals surface area contributed by atoms with Gasteiger partial charge in [0, 0.05) is 10.4 Å². The van der Waals surface area contributed by atoms with Crippen molar-refractivity contribution in [3.63, 3.8) is 0 Å². The summed E-state index contributed by atoms with van der Waals surface area (Å²) in [5.74, 6) is 1.38. The molecule has 0 aliphatic rings. The van der Waals surface area contributed by atoms with E-state index in [2.05, 4.69) is 0 Å². The van der Waals surface area contributed by atoms with E-state index in [-0.39, 0.29) is 1.43 Å². The molecule has 7 nitrogen and oxygen atoms in total. The summed E-state index contributed by atoms with van der Waals surface area (Å²) >= 11 is 0. The first-order valence-electron chi connectivity index (χ1n) is 8.53. The van der Waals surface area contributed by atoms with E-state index in [0.717, 1.165) is 12.1 Å². The van der Waals surface area contributed by atoms with E-state index in [0.29, 0.717) is 28.4 Å². The Morgan fingerprint density at radius 2 is 1.61 bits per heavy atom. The molecule has 0 spiro atoms. The molecule has 0 aliphatic carbocycles. The first-order chi connectivity index (χ1) is 14.4. The third kappa shape index (κ3) is 7.55. The molecule has 0 bridgehead atoms. The number of methoxy groups -OCH3 is 1. The summed E-state index contributed by atoms with van der Waals surface area (Å²) in [6.45, 7) is 0. The Kier molecular flexibility index (Phi) is 7.60. The molecule has 0 unspecified atom stereocenters. The Labute approximate surface area is 178 Å². The summed E-state index contributed by atoms with van der Waals surface area (Å²) in [4.78, 5) is 0. The summed E-state index contributed by atoms with van der Waals surface area (Å²) in [6, 6.07) is 14.2. The molecule has 31 heavy (non-hydrogen) atoms. The van der Waals surface area contributed by atoms with Gasteiger partial charge in [-0.3, -0.25) is 8.42 Å². The normalized spacial score (nSPS) is 11.3. The number of nitrogens with zero attached hydrogens (tertiary/aromatic N) is 1. The van der Waals surface area contributed by atoms with Gasteiger partial charge in [-0.1, -0.05) is 30.3 Å². The zero-order valence-electron chi connectivity index (χ0n) is 17.3. The summed E-state index contributed by atoms with van der Waals surface area (Å²) in [5, 5.41) is 0. The number of aryl methyl sites for hydroxylation is 1. The Hall–Kier alpha value is -3.15. The van der Waals surface area contributed by atoms with E-state index in [1.807, 2.05) is 18.2 Å². The number of alkyl halides is 3. The highest BCUT2D eigenvalue weighted by Gasteiger charge is 2.31. The van der Waals surface area contributed by atoms with Crippen molar-refractivity contribution in [2.45, 2.75) is 6.18 Å². The van der Waals surface area contributed by atoms with Crippen LogP contribution in [0.2, 0.25) is 0 Å². The van der Waals surface area contributed by atoms with Crippen molar-refractivity contribution in [3.05, 3.63) is 72.6 Å². The molecule has 0 fully saturated rings. The van der Waals surface area contributed by atoms with Gasteiger partial charge >= 0.3 is 7.60 Å². The van der Waals surface area contributed by atoms with Gasteiger partial charge in [-0.05, 0) is 29.8 Å². The Morgan fingerprint density at radius 3 is 2.16 bits per heavy atom. The first kappa shape index (κ1) is 24.1. The zero-order valence-corrected chi connectivity index (χ0v) is 17.1. The van der Waals surface area contributed by atoms with Gasteiger partial charge in [-0.15, -0.1) is 0 Å². The molecule has 3 rings (SSSR count). The molecule has 0 N–H and O–H groups in total. The molecular formula is C20H18F3NO6S. The van der Waals surface area contributed by atoms with Crippen molar-refractivity contribution in [2.75, 3.05) is 7.11 Å². The van der Waals surface area contributed by atoms with Gasteiger partial charge in [0.25, 0.3) is 0 Å². The molecular weight excluding hydrogens is 439 g/mol. The SMILES string of the molecule is COc1c(Oc2ccccc2)c[n+](C)cc1-c1cccc(C(F)(F)F)c1.O=S(=O)([O-])[O-].[H+]. The highest BCUT2D eigenvalue weighted by Crippen LogP contribution is 2.40. The molecule has 2 aromatic carbocycles. The number of pyridine rings is 1. The van der Waals surface area contributed by atoms with E-state index in [1.165, 1.54) is 13.2 Å². The number of rotatable bonds is 4. The standard InChI is InChI=1S/C20H17F3NO2.H2O4S/c1-24-12-17(14-7-6-8-15(11-14)20(21,22)23)19(25-2)18(13-24)26-16-9-4-3-5-10-16;1-5(2,3)4/h3-13H,1-2H3;(H2,1,2,3,4)/q+1;/p-1. The van der Waals surface area contributed by atoms with Crippen molar-refractivity contribution in [2.24, 2.45) is 7.05 Å². The average Bonchev–Trinajstić information content (AvgIpc) is 2.66. The third-order valence-electron chi connectivity index (χ3n) is 3.80. The lowest BCUT2D eigenvalue weighted by Crippen LogP contribution is -2.27. The zero-order chi connectivity index (χ0) is 23.2. The van der Waals surface area contributed by atoms with Crippen molar-refractivity contribution in [1.82, 2.24) is 0 Å². The number of benzene rings is 2. The molecule has 0 saturated heterocycles. The lowest BCUT2D eigenvalue weighted by Gasteiger charge is -2.14. The van der Waals surface area contributed by atoms with E-state index in [1.54, 1.807) is 42.2 Å². The van der Waals surface area contributed by atoms with Crippen LogP contribution in [0.4, 0.5) is 13.2 Å². The van der Waals surface area contributed by atoms with Crippen LogP contribution in [-0.4, -0.2) is 24.6 Å². The highest BCUT2D eigenvalue weighted by atomic mass is 32.3. The molecule has 0 atom stereocenters. The van der Waals surface area contributed by atoms with Crippen LogP contribution in [0.5, 0.6) is 17.2 Å². The maximum atomic E-state index is 13.1. The number of para-hydroxylation sites is 1. The average molecular weight is 457 g/mol. The van der Waals surface area contributed by atoms with Crippen LogP contribution in [0.25, 0.3) is 11.1 Å². The van der Waals surface area contributed by atoms with Crippen molar-refractivity contribution in [1.29, 1.82) is 0 Å². The maximum Gasteiger partial charge on any atom is 1.00 e. The molecule has 0 aliphatic heterocycles. The van der Waals surface area contributed by atoms with Crippen LogP contribution in [0, 0.1) is 0 Å². The van der Waals surface area contributed by atoms with Gasteiger partial charge in [-0.2, -0.15) is 13.2 Å². The largest absolute Gasteiger partial charge is 1.00 e. The lowest BCUT2D eigenvalue weighted by molar-refractivity contribution is -0.671. The number of halogens is 3. The van der Waals surface area contributed by atoms with Crippen LogP contribution in [0.1, 0.15) is 6.99 Å². The van der Waals surface area contributed by atoms with Gasteiger partial charge in [0.05, 0.1) is 18.2 Å². The number of aromatic nitrogens is 1. The van der Waals surface area contributed by atoms with E-state index in [4.69, 9.17) is 27.0 Å². The van der Waals surface area contributed by atoms with Gasteiger partial charge in [0.2, 0.25) is 11.9 Å². The monoisotopic (exact) mass is 457 g/mol. The molecule has 0 radical (unpaired) electrons. The van der Waals surface area contributed by atoms with Gasteiger partial charge in [0.1, 0.15) is 12.8 Å². The number of hydrogen-bond donors (Lipinski definition) is 0. The fourth-order valence-electron chi connectivity index (χ4n) is 2.64. The van der Waals surface area contributed by atoms with Crippen molar-refractivity contribution < 1.29 is 46.2 Å². The minimum atomic E-state index is -5.17. The van der Waals surface area contributed by atoms with Gasteiger partial charge < -0.3 is 18.6 Å². The lowest BCUT2D eigenvalue weighted by atomic mass is 10.0. The van der Waals surface area contributed by atoms with E-state index >= 15 is 0 Å². The topological polar surface area (TPSA) is 103 Å². The fraction of sp³-hybridized carbons (Fsp3) is 0.150. The van der Waals surface area contributed by atoms with Crippen LogP contribution < -0.4 is 14.0 Å². The summed E-state index contributed by atoms with van der Waals surface area (Å²) < 4.78 is 86.3. The van der Waals surface area contributed by atoms with Crippen molar-refractivity contribution in [3.8, 4) is 28.4 Å². The molecule has 0 amide bonds. The van der Waals surface area contributed by atoms with E-state index in [9.17, 15) is 13.2 Å². The Balaban J connectivity index is 0.000000770. The van der Waals surface area contributed by atoms with E-state index < -0.39 is 22.1 Å². The summed E-state index contributed by atoms with van der Waals surface area (Å²) in [7, 11) is -1.93. The molecule has 166 valence electrons. The second-order valence-electron chi connectivity index (χ2n) is 6.14. The molecule has 11 heteroatoms. The second-order valence-corrected chi connectivity index (χ2v) is 6.95. The van der Waals surface area contributed by atoms with Gasteiger partial charge in [0.15, 0.2) is 11.9 Å². The predicted molar refractivity (Wildman–Crippen MR) is 103 cm³/mol. The van der Waals surface area contributed by atoms with Crippen LogP contribution in [0.3, 0.4) is 0 Å². The summed E-state index contributed by atoms with van der Waals surface area (Å²) in [5.41, 5.74) is 0.189. The van der Waals surface area contributed by atoms with Gasteiger partial charge in [-0.25, -0.2) is 4.57 Å². The number of ether oxygens (including phenoxy) is 2. The first-order valence-corrected chi connectivity index (χ1v) is 9.86. The number of hydrogen-bond acceptors (Lipinski definition) is 6. The van der Waals surface area contributed by atoms with Crippen LogP contribution in [-0.2, 0) is 23.6 Å². The minimum absolute atomic E-state index is 0. The quantitative estimate of drug-likeness (QED) is 0.336. The van der Waals surface area contributed by atoms with Crippen LogP contribution >= 0.6 is 0 Å². The third-order valence-corrected chi connectivity index (χ3v) is 3.80. The smallest absolute Gasteiger partial charge is 0.759 e. The Morgan fingerprint density at radius 1 is 1.00 bits per heavy atom. The maximum absolute atomic E-state index is 13.1. The van der Waals surface area contributed by atoms with Crippen LogP contribution in [0.15, 0.2) is 67.0 Å². The Bertz CT molecular complexity index is 1130. The summed E-state index contributed by atoms with van der Waals surface area (Å²) in [6.07, 6.45) is -1.00. The fourth-order valence-corrected chi connectivity index (χ4v) is 2.64. The molecule has 3 aromatic rings. The molecule has 1 heterocycles. The second kappa shape index (κ2) is 9.77. The minimum Gasteiger partial charge on any atom is -0.759 e. The highest BCUT2D eigenvalue weighted by molar-refractivity contribution is 7.79.